The number of rotatable bonds is 3. The van der Waals surface area contributed by atoms with Crippen molar-refractivity contribution in [2.24, 2.45) is 0 Å². The van der Waals surface area contributed by atoms with Crippen molar-refractivity contribution in [2.45, 2.75) is 5.75 Å². The number of halogens is 2. The fraction of sp³-hybridized carbons (Fsp3) is 0.250. The van der Waals surface area contributed by atoms with Gasteiger partial charge in [0.1, 0.15) is 0 Å². The molecule has 0 fully saturated rings. The van der Waals surface area contributed by atoms with Crippen LogP contribution in [-0.4, -0.2) is 20.6 Å². The molecule has 0 unspecified atom stereocenters. The van der Waals surface area contributed by atoms with Gasteiger partial charge in [-0.2, -0.15) is 0 Å². The summed E-state index contributed by atoms with van der Waals surface area (Å²) in [6.45, 7) is 0. The van der Waals surface area contributed by atoms with E-state index in [1.807, 2.05) is 0 Å². The number of ether oxygens (including phenoxy) is 1. The number of benzene rings is 1. The Labute approximate surface area is 90.7 Å². The maximum Gasteiger partial charge on any atom is 0.236 e. The minimum absolute atomic E-state index is 0.0109. The molecule has 0 saturated heterocycles. The van der Waals surface area contributed by atoms with Gasteiger partial charge in [-0.25, -0.2) is 12.8 Å². The van der Waals surface area contributed by atoms with Crippen molar-refractivity contribution in [1.29, 1.82) is 0 Å². The summed E-state index contributed by atoms with van der Waals surface area (Å²) in [7, 11) is 2.36. The normalized spacial score (nSPS) is 11.4. The minimum atomic E-state index is -3.80. The van der Waals surface area contributed by atoms with E-state index in [1.165, 1.54) is 0 Å². The summed E-state index contributed by atoms with van der Waals surface area (Å²) in [5.41, 5.74) is -0.0109. The van der Waals surface area contributed by atoms with Gasteiger partial charge in [0.25, 0.3) is 0 Å². The van der Waals surface area contributed by atoms with Crippen molar-refractivity contribution in [3.8, 4) is 11.5 Å². The van der Waals surface area contributed by atoms with Crippen molar-refractivity contribution in [2.75, 3.05) is 7.11 Å². The Morgan fingerprint density at radius 1 is 1.53 bits per heavy atom. The second-order valence-electron chi connectivity index (χ2n) is 2.77. The van der Waals surface area contributed by atoms with Gasteiger partial charge in [-0.3, -0.25) is 0 Å². The molecule has 15 heavy (non-hydrogen) atoms. The molecule has 0 aliphatic heterocycles. The third-order valence-corrected chi connectivity index (χ3v) is 2.68. The van der Waals surface area contributed by atoms with Crippen molar-refractivity contribution < 1.29 is 22.7 Å². The Hall–Kier alpha value is -1.01. The summed E-state index contributed by atoms with van der Waals surface area (Å²) in [5, 5.41) is 9.44. The smallest absolute Gasteiger partial charge is 0.236 e. The molecule has 0 aliphatic carbocycles. The Balaban J connectivity index is 3.22. The highest BCUT2D eigenvalue weighted by Crippen LogP contribution is 2.33. The Morgan fingerprint density at radius 2 is 2.13 bits per heavy atom. The van der Waals surface area contributed by atoms with Gasteiger partial charge in [0, 0.05) is 16.2 Å². The van der Waals surface area contributed by atoms with E-state index in [2.05, 4.69) is 4.74 Å². The zero-order valence-corrected chi connectivity index (χ0v) is 9.27. The molecule has 0 radical (unpaired) electrons. The zero-order chi connectivity index (χ0) is 11.6. The van der Waals surface area contributed by atoms with Crippen LogP contribution in [-0.2, 0) is 14.8 Å². The monoisotopic (exact) mass is 254 g/mol. The van der Waals surface area contributed by atoms with Crippen LogP contribution in [0.4, 0.5) is 4.39 Å². The molecule has 1 aromatic carbocycles. The van der Waals surface area contributed by atoms with Crippen LogP contribution in [0.1, 0.15) is 5.56 Å². The van der Waals surface area contributed by atoms with Crippen LogP contribution < -0.4 is 4.74 Å². The molecule has 0 saturated carbocycles. The number of phenolic OH excluding ortho intramolecular Hbond substituents is 1. The first-order chi connectivity index (χ1) is 6.85. The van der Waals surface area contributed by atoms with E-state index in [4.69, 9.17) is 10.7 Å². The van der Waals surface area contributed by atoms with Gasteiger partial charge < -0.3 is 9.84 Å². The molecule has 0 atom stereocenters. The van der Waals surface area contributed by atoms with E-state index >= 15 is 0 Å². The standard InChI is InChI=1S/C8H8ClFO4S/c1-14-8-6(10)3-2-5(7(8)11)4-15(9,12)13/h2-3,11H,4H2,1H3. The van der Waals surface area contributed by atoms with E-state index in [0.29, 0.717) is 0 Å². The summed E-state index contributed by atoms with van der Waals surface area (Å²) in [6, 6.07) is 2.13. The van der Waals surface area contributed by atoms with E-state index in [9.17, 15) is 17.9 Å². The highest BCUT2D eigenvalue weighted by Gasteiger charge is 2.17. The maximum atomic E-state index is 13.0. The lowest BCUT2D eigenvalue weighted by Crippen LogP contribution is -1.98. The molecule has 0 bridgehead atoms. The van der Waals surface area contributed by atoms with Crippen LogP contribution in [0.5, 0.6) is 11.5 Å². The molecule has 84 valence electrons. The van der Waals surface area contributed by atoms with Crippen LogP contribution in [0, 0.1) is 5.82 Å². The average Bonchev–Trinajstić information content (AvgIpc) is 2.09. The summed E-state index contributed by atoms with van der Waals surface area (Å²) < 4.78 is 39.1. The van der Waals surface area contributed by atoms with E-state index in [-0.39, 0.29) is 5.56 Å². The van der Waals surface area contributed by atoms with Crippen molar-refractivity contribution >= 4 is 19.7 Å². The van der Waals surface area contributed by atoms with Crippen LogP contribution in [0.2, 0.25) is 0 Å². The third-order valence-electron chi connectivity index (χ3n) is 1.70. The molecule has 7 heteroatoms. The molecule has 1 rings (SSSR count). The highest BCUT2D eigenvalue weighted by atomic mass is 35.7. The maximum absolute atomic E-state index is 13.0. The van der Waals surface area contributed by atoms with Gasteiger partial charge in [-0.05, 0) is 6.07 Å². The third kappa shape index (κ3) is 2.97. The molecule has 0 spiro atoms. The lowest BCUT2D eigenvalue weighted by Gasteiger charge is -2.08. The minimum Gasteiger partial charge on any atom is -0.504 e. The highest BCUT2D eigenvalue weighted by molar-refractivity contribution is 8.13. The first-order valence-corrected chi connectivity index (χ1v) is 6.29. The summed E-state index contributed by atoms with van der Waals surface area (Å²) >= 11 is 0. The van der Waals surface area contributed by atoms with Crippen LogP contribution in [0.25, 0.3) is 0 Å². The van der Waals surface area contributed by atoms with Gasteiger partial charge in [0.2, 0.25) is 9.05 Å². The summed E-state index contributed by atoms with van der Waals surface area (Å²) in [4.78, 5) is 0. The van der Waals surface area contributed by atoms with Gasteiger partial charge in [-0.15, -0.1) is 0 Å². The van der Waals surface area contributed by atoms with Crippen LogP contribution in [0.15, 0.2) is 12.1 Å². The van der Waals surface area contributed by atoms with Gasteiger partial charge >= 0.3 is 0 Å². The Kier molecular flexibility index (Phi) is 3.41. The molecule has 0 amide bonds. The van der Waals surface area contributed by atoms with Gasteiger partial charge in [0.15, 0.2) is 17.3 Å². The Bertz CT molecular complexity index is 472. The van der Waals surface area contributed by atoms with Crippen molar-refractivity contribution in [3.63, 3.8) is 0 Å². The predicted molar refractivity (Wildman–Crippen MR) is 53.1 cm³/mol. The molecule has 0 aromatic heterocycles. The first kappa shape index (κ1) is 12.1. The molecule has 4 nitrogen and oxygen atoms in total. The largest absolute Gasteiger partial charge is 0.504 e. The predicted octanol–water partition coefficient (Wildman–Crippen LogP) is 1.61. The summed E-state index contributed by atoms with van der Waals surface area (Å²) in [5.74, 6) is -2.31. The van der Waals surface area contributed by atoms with E-state index < -0.39 is 32.1 Å². The number of methoxy groups -OCH3 is 1. The van der Waals surface area contributed by atoms with E-state index in [1.54, 1.807) is 0 Å². The SMILES string of the molecule is COc1c(F)ccc(CS(=O)(=O)Cl)c1O. The molecular weight excluding hydrogens is 247 g/mol. The molecule has 1 aromatic rings. The van der Waals surface area contributed by atoms with Crippen molar-refractivity contribution in [3.05, 3.63) is 23.5 Å². The lowest BCUT2D eigenvalue weighted by atomic mass is 10.2. The lowest BCUT2D eigenvalue weighted by molar-refractivity contribution is 0.349. The fourth-order valence-corrected chi connectivity index (χ4v) is 2.04. The average molecular weight is 255 g/mol. The molecule has 0 aliphatic rings. The van der Waals surface area contributed by atoms with Crippen LogP contribution >= 0.6 is 10.7 Å². The van der Waals surface area contributed by atoms with E-state index in [0.717, 1.165) is 19.2 Å². The molecule has 0 heterocycles. The first-order valence-electron chi connectivity index (χ1n) is 3.82. The quantitative estimate of drug-likeness (QED) is 0.833. The fourth-order valence-electron chi connectivity index (χ4n) is 1.08. The van der Waals surface area contributed by atoms with Gasteiger partial charge in [-0.1, -0.05) is 6.07 Å². The molecular formula is C8H8ClFO4S. The van der Waals surface area contributed by atoms with Crippen LogP contribution in [0.3, 0.4) is 0 Å². The second kappa shape index (κ2) is 4.24. The number of phenols is 1. The number of hydrogen-bond donors (Lipinski definition) is 1. The molecule has 1 N–H and O–H groups in total. The van der Waals surface area contributed by atoms with Gasteiger partial charge in [0.05, 0.1) is 12.9 Å². The topological polar surface area (TPSA) is 63.6 Å². The second-order valence-corrected chi connectivity index (χ2v) is 5.55. The zero-order valence-electron chi connectivity index (χ0n) is 7.70. The Morgan fingerprint density at radius 3 is 2.60 bits per heavy atom. The summed E-state index contributed by atoms with van der Waals surface area (Å²) in [6.07, 6.45) is 0. The number of hydrogen-bond acceptors (Lipinski definition) is 4. The number of aromatic hydroxyl groups is 1. The van der Waals surface area contributed by atoms with Crippen molar-refractivity contribution in [1.82, 2.24) is 0 Å².